The summed E-state index contributed by atoms with van der Waals surface area (Å²) in [4.78, 5) is 36.8. The lowest BCUT2D eigenvalue weighted by Crippen LogP contribution is -2.47. The minimum Gasteiger partial charge on any atom is -0.496 e. The zero-order valence-electron chi connectivity index (χ0n) is 15.6. The number of hydrogen-bond donors (Lipinski definition) is 2. The van der Waals surface area contributed by atoms with Crippen molar-refractivity contribution >= 4 is 17.8 Å². The van der Waals surface area contributed by atoms with E-state index in [0.29, 0.717) is 11.3 Å². The van der Waals surface area contributed by atoms with E-state index in [2.05, 4.69) is 17.2 Å². The molecule has 0 fully saturated rings. The topological polar surface area (TPSA) is 93.7 Å². The summed E-state index contributed by atoms with van der Waals surface area (Å²) in [7, 11) is 1.46. The zero-order valence-corrected chi connectivity index (χ0v) is 15.6. The number of methoxy groups -OCH3 is 1. The van der Waals surface area contributed by atoms with Crippen LogP contribution in [0.1, 0.15) is 31.1 Å². The SMILES string of the molecule is C=CCNC(=O)[C@H](C)OC(=O)[C@@H](NC(=O)c1ccccc1OC)C(C)C. The van der Waals surface area contributed by atoms with Crippen molar-refractivity contribution in [1.82, 2.24) is 10.6 Å². The highest BCUT2D eigenvalue weighted by molar-refractivity contribution is 5.99. The summed E-state index contributed by atoms with van der Waals surface area (Å²) < 4.78 is 10.4. The number of amides is 2. The smallest absolute Gasteiger partial charge is 0.329 e. The Bertz CT molecular complexity index is 657. The Balaban J connectivity index is 2.82. The van der Waals surface area contributed by atoms with E-state index in [4.69, 9.17) is 9.47 Å². The van der Waals surface area contributed by atoms with Gasteiger partial charge in [0.2, 0.25) is 0 Å². The molecule has 0 aliphatic rings. The van der Waals surface area contributed by atoms with Crippen LogP contribution in [-0.2, 0) is 14.3 Å². The lowest BCUT2D eigenvalue weighted by molar-refractivity contribution is -0.157. The molecule has 142 valence electrons. The van der Waals surface area contributed by atoms with Crippen molar-refractivity contribution in [2.45, 2.75) is 32.9 Å². The number of hydrogen-bond acceptors (Lipinski definition) is 5. The van der Waals surface area contributed by atoms with Crippen LogP contribution < -0.4 is 15.4 Å². The lowest BCUT2D eigenvalue weighted by Gasteiger charge is -2.23. The molecule has 26 heavy (non-hydrogen) atoms. The lowest BCUT2D eigenvalue weighted by atomic mass is 10.0. The molecule has 0 saturated heterocycles. The molecule has 1 rings (SSSR count). The van der Waals surface area contributed by atoms with Crippen LogP contribution in [0.15, 0.2) is 36.9 Å². The normalized spacial score (nSPS) is 12.7. The fourth-order valence-electron chi connectivity index (χ4n) is 2.17. The van der Waals surface area contributed by atoms with Crippen LogP contribution in [-0.4, -0.2) is 43.6 Å². The molecule has 0 saturated carbocycles. The van der Waals surface area contributed by atoms with E-state index in [1.807, 2.05) is 0 Å². The third kappa shape index (κ3) is 5.91. The monoisotopic (exact) mass is 362 g/mol. The second kappa shape index (κ2) is 10.2. The number of carbonyl (C=O) groups excluding carboxylic acids is 3. The van der Waals surface area contributed by atoms with Crippen molar-refractivity contribution in [2.24, 2.45) is 5.92 Å². The fourth-order valence-corrected chi connectivity index (χ4v) is 2.17. The molecule has 0 aliphatic heterocycles. The Kier molecular flexibility index (Phi) is 8.34. The molecule has 1 aromatic carbocycles. The molecule has 0 radical (unpaired) electrons. The van der Waals surface area contributed by atoms with E-state index in [1.165, 1.54) is 20.1 Å². The number of carbonyl (C=O) groups is 3. The van der Waals surface area contributed by atoms with Gasteiger partial charge in [0, 0.05) is 6.54 Å². The van der Waals surface area contributed by atoms with Crippen molar-refractivity contribution in [2.75, 3.05) is 13.7 Å². The Labute approximate surface area is 153 Å². The van der Waals surface area contributed by atoms with E-state index in [-0.39, 0.29) is 12.5 Å². The van der Waals surface area contributed by atoms with Crippen LogP contribution in [0.5, 0.6) is 5.75 Å². The fraction of sp³-hybridized carbons (Fsp3) is 0.421. The van der Waals surface area contributed by atoms with Crippen LogP contribution in [0.2, 0.25) is 0 Å². The summed E-state index contributed by atoms with van der Waals surface area (Å²) in [5, 5.41) is 5.20. The van der Waals surface area contributed by atoms with Gasteiger partial charge in [0.15, 0.2) is 6.10 Å². The zero-order chi connectivity index (χ0) is 19.7. The van der Waals surface area contributed by atoms with E-state index in [9.17, 15) is 14.4 Å². The quantitative estimate of drug-likeness (QED) is 0.515. The third-order valence-electron chi connectivity index (χ3n) is 3.64. The number of rotatable bonds is 9. The molecular formula is C19H26N2O5. The number of ether oxygens (including phenoxy) is 2. The largest absolute Gasteiger partial charge is 0.496 e. The first-order chi connectivity index (χ1) is 12.3. The first-order valence-corrected chi connectivity index (χ1v) is 8.34. The Morgan fingerprint density at radius 3 is 2.42 bits per heavy atom. The van der Waals surface area contributed by atoms with Gasteiger partial charge in [-0.05, 0) is 25.0 Å². The molecule has 1 aromatic rings. The number of nitrogens with one attached hydrogen (secondary N) is 2. The van der Waals surface area contributed by atoms with Crippen molar-refractivity contribution in [3.63, 3.8) is 0 Å². The maximum atomic E-state index is 12.5. The van der Waals surface area contributed by atoms with Gasteiger partial charge in [-0.2, -0.15) is 0 Å². The second-order valence-electron chi connectivity index (χ2n) is 6.01. The highest BCUT2D eigenvalue weighted by Crippen LogP contribution is 2.18. The molecule has 7 heteroatoms. The minimum atomic E-state index is -0.980. The Morgan fingerprint density at radius 2 is 1.85 bits per heavy atom. The summed E-state index contributed by atoms with van der Waals surface area (Å²) in [5.74, 6) is -1.40. The summed E-state index contributed by atoms with van der Waals surface area (Å²) in [6.07, 6.45) is 0.545. The average molecular weight is 362 g/mol. The molecule has 0 spiro atoms. The molecule has 7 nitrogen and oxygen atoms in total. The van der Waals surface area contributed by atoms with Gasteiger partial charge < -0.3 is 20.1 Å². The summed E-state index contributed by atoms with van der Waals surface area (Å²) in [6.45, 7) is 8.79. The molecule has 0 unspecified atom stereocenters. The van der Waals surface area contributed by atoms with Gasteiger partial charge in [-0.25, -0.2) is 4.79 Å². The summed E-state index contributed by atoms with van der Waals surface area (Å²) in [6, 6.07) is 5.80. The standard InChI is InChI=1S/C19H26N2O5/c1-6-11-20-17(22)13(4)26-19(24)16(12(2)3)21-18(23)14-9-7-8-10-15(14)25-5/h6-10,12-13,16H,1,11H2,2-5H3,(H,20,22)(H,21,23)/t13-,16-/m0/s1. The van der Waals surface area contributed by atoms with Crippen molar-refractivity contribution in [3.8, 4) is 5.75 Å². The summed E-state index contributed by atoms with van der Waals surface area (Å²) in [5.41, 5.74) is 0.310. The Hall–Kier alpha value is -2.83. The third-order valence-corrected chi connectivity index (χ3v) is 3.64. The van der Waals surface area contributed by atoms with Gasteiger partial charge in [-0.15, -0.1) is 6.58 Å². The van der Waals surface area contributed by atoms with Crippen LogP contribution in [0.4, 0.5) is 0 Å². The molecule has 2 amide bonds. The predicted octanol–water partition coefficient (Wildman–Crippen LogP) is 1.68. The molecule has 0 heterocycles. The van der Waals surface area contributed by atoms with Crippen molar-refractivity contribution in [1.29, 1.82) is 0 Å². The maximum absolute atomic E-state index is 12.5. The average Bonchev–Trinajstić information content (AvgIpc) is 2.63. The van der Waals surface area contributed by atoms with E-state index < -0.39 is 29.9 Å². The molecule has 2 N–H and O–H groups in total. The highest BCUT2D eigenvalue weighted by atomic mass is 16.5. The van der Waals surface area contributed by atoms with Crippen molar-refractivity contribution < 1.29 is 23.9 Å². The minimum absolute atomic E-state index is 0.232. The van der Waals surface area contributed by atoms with Crippen LogP contribution >= 0.6 is 0 Å². The maximum Gasteiger partial charge on any atom is 0.329 e. The molecule has 0 aromatic heterocycles. The van der Waals surface area contributed by atoms with E-state index in [1.54, 1.807) is 38.1 Å². The molecule has 0 bridgehead atoms. The number of para-hydroxylation sites is 1. The predicted molar refractivity (Wildman–Crippen MR) is 97.8 cm³/mol. The van der Waals surface area contributed by atoms with Gasteiger partial charge in [0.1, 0.15) is 11.8 Å². The Morgan fingerprint density at radius 1 is 1.19 bits per heavy atom. The van der Waals surface area contributed by atoms with Gasteiger partial charge >= 0.3 is 5.97 Å². The second-order valence-corrected chi connectivity index (χ2v) is 6.01. The van der Waals surface area contributed by atoms with Gasteiger partial charge in [0.05, 0.1) is 12.7 Å². The van der Waals surface area contributed by atoms with E-state index in [0.717, 1.165) is 0 Å². The highest BCUT2D eigenvalue weighted by Gasteiger charge is 2.29. The first kappa shape index (κ1) is 21.2. The first-order valence-electron chi connectivity index (χ1n) is 8.34. The van der Waals surface area contributed by atoms with Gasteiger partial charge in [0.25, 0.3) is 11.8 Å². The van der Waals surface area contributed by atoms with Crippen LogP contribution in [0.3, 0.4) is 0 Å². The molecular weight excluding hydrogens is 336 g/mol. The van der Waals surface area contributed by atoms with Gasteiger partial charge in [-0.1, -0.05) is 32.1 Å². The number of esters is 1. The molecule has 0 aliphatic carbocycles. The molecule has 2 atom stereocenters. The van der Waals surface area contributed by atoms with E-state index >= 15 is 0 Å². The summed E-state index contributed by atoms with van der Waals surface area (Å²) >= 11 is 0. The van der Waals surface area contributed by atoms with Gasteiger partial charge in [-0.3, -0.25) is 9.59 Å². The number of benzene rings is 1. The van der Waals surface area contributed by atoms with Crippen LogP contribution in [0, 0.1) is 5.92 Å². The van der Waals surface area contributed by atoms with Crippen molar-refractivity contribution in [3.05, 3.63) is 42.5 Å². The van der Waals surface area contributed by atoms with Crippen LogP contribution in [0.25, 0.3) is 0 Å².